The number of hydrogen-bond donors (Lipinski definition) is 0. The van der Waals surface area contributed by atoms with Crippen LogP contribution in [0.4, 0.5) is 0 Å². The van der Waals surface area contributed by atoms with Gasteiger partial charge in [-0.25, -0.2) is 9.97 Å². The maximum atomic E-state index is 12.6. The number of fused-ring (bicyclic) bond motifs is 1. The highest BCUT2D eigenvalue weighted by Gasteiger charge is 2.28. The van der Waals surface area contributed by atoms with E-state index in [1.165, 1.54) is 6.42 Å². The Labute approximate surface area is 142 Å². The van der Waals surface area contributed by atoms with Crippen LogP contribution in [0, 0.1) is 0 Å². The van der Waals surface area contributed by atoms with E-state index >= 15 is 0 Å². The Morgan fingerprint density at radius 1 is 1.21 bits per heavy atom. The first-order chi connectivity index (χ1) is 11.7. The topological polar surface area (TPSA) is 49.3 Å². The Kier molecular flexibility index (Phi) is 4.02. The molecule has 0 radical (unpaired) electrons. The molecule has 0 spiro atoms. The predicted molar refractivity (Wildman–Crippen MR) is 91.5 cm³/mol. The van der Waals surface area contributed by atoms with Crippen LogP contribution in [0.3, 0.4) is 0 Å². The molecule has 2 aliphatic heterocycles. The molecule has 3 heterocycles. The Morgan fingerprint density at radius 2 is 2.04 bits per heavy atom. The van der Waals surface area contributed by atoms with Crippen LogP contribution in [0.5, 0.6) is 0 Å². The first kappa shape index (κ1) is 15.3. The van der Waals surface area contributed by atoms with E-state index in [-0.39, 0.29) is 5.91 Å². The van der Waals surface area contributed by atoms with Crippen molar-refractivity contribution in [1.82, 2.24) is 19.8 Å². The molecule has 1 saturated heterocycles. The molecule has 0 unspecified atom stereocenters. The van der Waals surface area contributed by atoms with Crippen LogP contribution in [0.25, 0.3) is 0 Å². The Balaban J connectivity index is 1.53. The zero-order valence-electron chi connectivity index (χ0n) is 14.0. The summed E-state index contributed by atoms with van der Waals surface area (Å²) in [5.74, 6) is 1.03. The summed E-state index contributed by atoms with van der Waals surface area (Å²) < 4.78 is 0. The Hall–Kier alpha value is -2.27. The van der Waals surface area contributed by atoms with E-state index in [9.17, 15) is 4.79 Å². The van der Waals surface area contributed by atoms with E-state index in [2.05, 4.69) is 16.9 Å². The predicted octanol–water partition coefficient (Wildman–Crippen LogP) is 2.44. The fourth-order valence-corrected chi connectivity index (χ4v) is 3.67. The summed E-state index contributed by atoms with van der Waals surface area (Å²) in [5, 5.41) is 0. The van der Waals surface area contributed by atoms with Gasteiger partial charge < -0.3 is 4.90 Å². The monoisotopic (exact) mass is 322 g/mol. The third kappa shape index (κ3) is 2.80. The van der Waals surface area contributed by atoms with Gasteiger partial charge in [-0.15, -0.1) is 0 Å². The zero-order chi connectivity index (χ0) is 16.5. The molecule has 5 nitrogen and oxygen atoms in total. The minimum Gasteiger partial charge on any atom is -0.334 e. The Morgan fingerprint density at radius 3 is 2.79 bits per heavy atom. The molecule has 124 valence electrons. The van der Waals surface area contributed by atoms with Gasteiger partial charge in [0.1, 0.15) is 5.82 Å². The minimum atomic E-state index is 0.0841. The number of rotatable bonds is 2. The van der Waals surface area contributed by atoms with Crippen LogP contribution in [-0.4, -0.2) is 45.8 Å². The highest BCUT2D eigenvalue weighted by molar-refractivity contribution is 5.94. The van der Waals surface area contributed by atoms with Crippen molar-refractivity contribution in [2.75, 3.05) is 20.1 Å². The van der Waals surface area contributed by atoms with E-state index in [0.29, 0.717) is 12.6 Å². The number of hydrogen-bond acceptors (Lipinski definition) is 4. The molecule has 0 saturated carbocycles. The highest BCUT2D eigenvalue weighted by atomic mass is 16.2. The molecule has 1 fully saturated rings. The van der Waals surface area contributed by atoms with Crippen molar-refractivity contribution in [2.24, 2.45) is 0 Å². The molecule has 2 aliphatic rings. The van der Waals surface area contributed by atoms with Crippen molar-refractivity contribution in [3.63, 3.8) is 0 Å². The number of carbonyl (C=O) groups excluding carboxylic acids is 1. The van der Waals surface area contributed by atoms with Gasteiger partial charge in [0.25, 0.3) is 5.91 Å². The summed E-state index contributed by atoms with van der Waals surface area (Å²) in [6.45, 7) is 2.44. The molecule has 0 bridgehead atoms. The number of carbonyl (C=O) groups is 1. The lowest BCUT2D eigenvalue weighted by Gasteiger charge is -2.29. The van der Waals surface area contributed by atoms with Gasteiger partial charge in [0.05, 0.1) is 11.7 Å². The maximum Gasteiger partial charge on any atom is 0.254 e. The zero-order valence-corrected chi connectivity index (χ0v) is 14.0. The first-order valence-electron chi connectivity index (χ1n) is 8.61. The van der Waals surface area contributed by atoms with Crippen molar-refractivity contribution < 1.29 is 4.79 Å². The summed E-state index contributed by atoms with van der Waals surface area (Å²) in [6.07, 6.45) is 5.07. The molecule has 4 rings (SSSR count). The average molecular weight is 322 g/mol. The Bertz CT molecular complexity index is 746. The molecular formula is C19H22N4O. The first-order valence-corrected chi connectivity index (χ1v) is 8.61. The second-order valence-corrected chi connectivity index (χ2v) is 6.68. The molecule has 0 aliphatic carbocycles. The number of nitrogens with zero attached hydrogens (tertiary/aromatic N) is 4. The van der Waals surface area contributed by atoms with E-state index in [4.69, 9.17) is 4.98 Å². The molecule has 24 heavy (non-hydrogen) atoms. The van der Waals surface area contributed by atoms with Gasteiger partial charge in [-0.05, 0) is 38.6 Å². The molecule has 1 aromatic carbocycles. The normalized spacial score (nSPS) is 20.9. The van der Waals surface area contributed by atoms with E-state index < -0.39 is 0 Å². The van der Waals surface area contributed by atoms with Crippen LogP contribution in [0.1, 0.15) is 46.3 Å². The van der Waals surface area contributed by atoms with Crippen molar-refractivity contribution in [2.45, 2.75) is 31.8 Å². The van der Waals surface area contributed by atoms with E-state index in [1.807, 2.05) is 41.4 Å². The summed E-state index contributed by atoms with van der Waals surface area (Å²) >= 11 is 0. The van der Waals surface area contributed by atoms with Gasteiger partial charge in [-0.2, -0.15) is 0 Å². The smallest absolute Gasteiger partial charge is 0.254 e. The van der Waals surface area contributed by atoms with Crippen molar-refractivity contribution in [3.05, 3.63) is 59.2 Å². The average Bonchev–Trinajstić information content (AvgIpc) is 3.07. The molecule has 2 aromatic rings. The minimum absolute atomic E-state index is 0.0841. The summed E-state index contributed by atoms with van der Waals surface area (Å²) in [4.78, 5) is 26.2. The van der Waals surface area contributed by atoms with E-state index in [1.54, 1.807) is 0 Å². The number of benzene rings is 1. The van der Waals surface area contributed by atoms with Gasteiger partial charge in [0.2, 0.25) is 0 Å². The van der Waals surface area contributed by atoms with Gasteiger partial charge in [-0.3, -0.25) is 9.69 Å². The van der Waals surface area contributed by atoms with Gasteiger partial charge >= 0.3 is 0 Å². The molecule has 1 atom stereocenters. The van der Waals surface area contributed by atoms with Gasteiger partial charge in [0.15, 0.2) is 0 Å². The van der Waals surface area contributed by atoms with Crippen LogP contribution in [0.2, 0.25) is 0 Å². The quantitative estimate of drug-likeness (QED) is 0.852. The van der Waals surface area contributed by atoms with E-state index in [0.717, 1.165) is 48.6 Å². The van der Waals surface area contributed by atoms with Crippen molar-refractivity contribution >= 4 is 5.91 Å². The SMILES string of the molecule is CN1CCC[C@H]1c1ncc2c(n1)CCN(C(=O)c1ccccc1)C2. The second-order valence-electron chi connectivity index (χ2n) is 6.68. The van der Waals surface area contributed by atoms with Crippen LogP contribution < -0.4 is 0 Å². The van der Waals surface area contributed by atoms with Crippen LogP contribution in [0.15, 0.2) is 36.5 Å². The molecule has 5 heteroatoms. The highest BCUT2D eigenvalue weighted by Crippen LogP contribution is 2.29. The number of likely N-dealkylation sites (tertiary alicyclic amines) is 1. The maximum absolute atomic E-state index is 12.6. The summed E-state index contributed by atoms with van der Waals surface area (Å²) in [5.41, 5.74) is 2.93. The van der Waals surface area contributed by atoms with Gasteiger partial charge in [0, 0.05) is 36.8 Å². The summed E-state index contributed by atoms with van der Waals surface area (Å²) in [7, 11) is 2.14. The largest absolute Gasteiger partial charge is 0.334 e. The fraction of sp³-hybridized carbons (Fsp3) is 0.421. The molecule has 1 aromatic heterocycles. The van der Waals surface area contributed by atoms with Crippen molar-refractivity contribution in [3.8, 4) is 0 Å². The molecule has 0 N–H and O–H groups in total. The lowest BCUT2D eigenvalue weighted by Crippen LogP contribution is -2.36. The fourth-order valence-electron chi connectivity index (χ4n) is 3.67. The lowest BCUT2D eigenvalue weighted by atomic mass is 10.1. The third-order valence-corrected chi connectivity index (χ3v) is 5.08. The number of aromatic nitrogens is 2. The molecular weight excluding hydrogens is 300 g/mol. The van der Waals surface area contributed by atoms with Crippen LogP contribution >= 0.6 is 0 Å². The summed E-state index contributed by atoms with van der Waals surface area (Å²) in [6, 6.07) is 9.81. The third-order valence-electron chi connectivity index (χ3n) is 5.08. The lowest BCUT2D eigenvalue weighted by molar-refractivity contribution is 0.0733. The van der Waals surface area contributed by atoms with Crippen molar-refractivity contribution in [1.29, 1.82) is 0 Å². The second kappa shape index (κ2) is 6.32. The van der Waals surface area contributed by atoms with Crippen LogP contribution in [-0.2, 0) is 13.0 Å². The molecule has 1 amide bonds. The standard InChI is InChI=1S/C19H22N4O/c1-22-10-5-8-17(22)18-20-12-15-13-23(11-9-16(15)21-18)19(24)14-6-3-2-4-7-14/h2-4,6-7,12,17H,5,8-11,13H2,1H3/t17-/m0/s1. The van der Waals surface area contributed by atoms with Gasteiger partial charge in [-0.1, -0.05) is 18.2 Å². The number of amides is 1.